The molecule has 1 fully saturated rings. The minimum absolute atomic E-state index is 0.340. The molecule has 1 aromatic rings. The van der Waals surface area contributed by atoms with Crippen LogP contribution < -0.4 is 5.73 Å². The second kappa shape index (κ2) is 3.28. The van der Waals surface area contributed by atoms with Crippen LogP contribution in [0.4, 0.5) is 0 Å². The molecule has 13 heavy (non-hydrogen) atoms. The van der Waals surface area contributed by atoms with E-state index in [4.69, 9.17) is 17.3 Å². The van der Waals surface area contributed by atoms with Crippen LogP contribution in [-0.4, -0.2) is 11.5 Å². The minimum atomic E-state index is 0.340. The summed E-state index contributed by atoms with van der Waals surface area (Å²) in [6.07, 6.45) is 5.16. The number of nitrogens with zero attached hydrogens (tertiary/aromatic N) is 1. The molecular formula is C10H13ClN2. The maximum Gasteiger partial charge on any atom is 0.132 e. The lowest BCUT2D eigenvalue weighted by molar-refractivity contribution is 0.520. The van der Waals surface area contributed by atoms with E-state index in [-0.39, 0.29) is 0 Å². The third kappa shape index (κ3) is 1.84. The van der Waals surface area contributed by atoms with Gasteiger partial charge in [0.25, 0.3) is 0 Å². The second-order valence-electron chi connectivity index (χ2n) is 3.83. The predicted octanol–water partition coefficient (Wildman–Crippen LogP) is 2.02. The van der Waals surface area contributed by atoms with Gasteiger partial charge in [-0.1, -0.05) is 17.7 Å². The molecule has 0 amide bonds. The molecule has 1 heterocycles. The highest BCUT2D eigenvalue weighted by Crippen LogP contribution is 2.47. The van der Waals surface area contributed by atoms with Crippen molar-refractivity contribution in [1.82, 2.24) is 4.98 Å². The van der Waals surface area contributed by atoms with Crippen molar-refractivity contribution >= 4 is 11.6 Å². The Hall–Kier alpha value is -0.600. The van der Waals surface area contributed by atoms with Gasteiger partial charge in [-0.25, -0.2) is 4.98 Å². The van der Waals surface area contributed by atoms with E-state index in [9.17, 15) is 0 Å². The number of aromatic nitrogens is 1. The van der Waals surface area contributed by atoms with Crippen LogP contribution in [0.5, 0.6) is 0 Å². The van der Waals surface area contributed by atoms with Crippen molar-refractivity contribution in [3.63, 3.8) is 0 Å². The molecule has 0 aromatic carbocycles. The molecular weight excluding hydrogens is 184 g/mol. The van der Waals surface area contributed by atoms with Gasteiger partial charge in [-0.2, -0.15) is 0 Å². The lowest BCUT2D eigenvalue weighted by Gasteiger charge is -2.12. The van der Waals surface area contributed by atoms with E-state index in [1.54, 1.807) is 6.20 Å². The average Bonchev–Trinajstić information content (AvgIpc) is 2.90. The lowest BCUT2D eigenvalue weighted by atomic mass is 9.98. The van der Waals surface area contributed by atoms with Crippen molar-refractivity contribution in [1.29, 1.82) is 0 Å². The monoisotopic (exact) mass is 196 g/mol. The van der Waals surface area contributed by atoms with Crippen LogP contribution >= 0.6 is 11.6 Å². The van der Waals surface area contributed by atoms with Crippen LogP contribution in [0.2, 0.25) is 5.15 Å². The van der Waals surface area contributed by atoms with Crippen LogP contribution in [0.25, 0.3) is 0 Å². The van der Waals surface area contributed by atoms with E-state index in [1.165, 1.54) is 12.8 Å². The highest BCUT2D eigenvalue weighted by atomic mass is 35.5. The first-order chi connectivity index (χ1) is 6.26. The fraction of sp³-hybridized carbons (Fsp3) is 0.500. The van der Waals surface area contributed by atoms with E-state index in [0.717, 1.165) is 18.5 Å². The van der Waals surface area contributed by atoms with Crippen LogP contribution in [0.3, 0.4) is 0 Å². The Bertz CT molecular complexity index is 308. The van der Waals surface area contributed by atoms with E-state index in [2.05, 4.69) is 4.98 Å². The molecule has 2 nitrogen and oxygen atoms in total. The second-order valence-corrected chi connectivity index (χ2v) is 4.19. The van der Waals surface area contributed by atoms with Crippen molar-refractivity contribution in [3.8, 4) is 0 Å². The first kappa shape index (κ1) is 8.97. The van der Waals surface area contributed by atoms with Crippen molar-refractivity contribution < 1.29 is 0 Å². The number of hydrogen-bond acceptors (Lipinski definition) is 2. The number of rotatable bonds is 3. The summed E-state index contributed by atoms with van der Waals surface area (Å²) in [5.41, 5.74) is 7.17. The summed E-state index contributed by atoms with van der Waals surface area (Å²) in [7, 11) is 0. The molecule has 3 heteroatoms. The molecule has 2 rings (SSSR count). The lowest BCUT2D eigenvalue weighted by Crippen LogP contribution is -2.18. The van der Waals surface area contributed by atoms with E-state index in [1.807, 2.05) is 12.1 Å². The van der Waals surface area contributed by atoms with E-state index < -0.39 is 0 Å². The quantitative estimate of drug-likeness (QED) is 0.752. The average molecular weight is 197 g/mol. The number of halogens is 1. The van der Waals surface area contributed by atoms with Crippen LogP contribution in [0, 0.1) is 5.41 Å². The van der Waals surface area contributed by atoms with Crippen molar-refractivity contribution in [2.45, 2.75) is 19.3 Å². The third-order valence-electron chi connectivity index (χ3n) is 2.79. The first-order valence-electron chi connectivity index (χ1n) is 4.55. The summed E-state index contributed by atoms with van der Waals surface area (Å²) >= 11 is 5.96. The molecule has 1 aromatic heterocycles. The molecule has 0 radical (unpaired) electrons. The van der Waals surface area contributed by atoms with Crippen molar-refractivity contribution in [2.24, 2.45) is 11.1 Å². The summed E-state index contributed by atoms with van der Waals surface area (Å²) in [4.78, 5) is 4.05. The molecule has 0 spiro atoms. The Labute approximate surface area is 83.1 Å². The standard InChI is InChI=1S/C10H13ClN2/c11-9-8(2-1-5-13-9)6-10(7-12)3-4-10/h1-2,5H,3-4,6-7,12H2. The molecule has 70 valence electrons. The van der Waals surface area contributed by atoms with Crippen LogP contribution in [-0.2, 0) is 6.42 Å². The smallest absolute Gasteiger partial charge is 0.132 e. The summed E-state index contributed by atoms with van der Waals surface area (Å²) in [6.45, 7) is 0.762. The van der Waals surface area contributed by atoms with Gasteiger partial charge < -0.3 is 5.73 Å². The van der Waals surface area contributed by atoms with Crippen LogP contribution in [0.1, 0.15) is 18.4 Å². The van der Waals surface area contributed by atoms with Gasteiger partial charge in [-0.15, -0.1) is 0 Å². The van der Waals surface area contributed by atoms with Gasteiger partial charge in [0.05, 0.1) is 0 Å². The molecule has 1 saturated carbocycles. The fourth-order valence-electron chi connectivity index (χ4n) is 1.59. The number of hydrogen-bond donors (Lipinski definition) is 1. The molecule has 0 aliphatic heterocycles. The Morgan fingerprint density at radius 2 is 2.31 bits per heavy atom. The molecule has 0 bridgehead atoms. The molecule has 0 unspecified atom stereocenters. The van der Waals surface area contributed by atoms with E-state index in [0.29, 0.717) is 10.6 Å². The molecule has 0 saturated heterocycles. The van der Waals surface area contributed by atoms with Crippen molar-refractivity contribution in [2.75, 3.05) is 6.54 Å². The van der Waals surface area contributed by atoms with Gasteiger partial charge in [0.1, 0.15) is 5.15 Å². The van der Waals surface area contributed by atoms with Gasteiger partial charge in [0, 0.05) is 6.20 Å². The van der Waals surface area contributed by atoms with Crippen LogP contribution in [0.15, 0.2) is 18.3 Å². The molecule has 1 aliphatic rings. The summed E-state index contributed by atoms with van der Waals surface area (Å²) in [5, 5.41) is 0.627. The largest absolute Gasteiger partial charge is 0.330 e. The Morgan fingerprint density at radius 3 is 2.85 bits per heavy atom. The zero-order valence-electron chi connectivity index (χ0n) is 7.46. The van der Waals surface area contributed by atoms with Gasteiger partial charge >= 0.3 is 0 Å². The third-order valence-corrected chi connectivity index (χ3v) is 3.13. The SMILES string of the molecule is NCC1(Cc2cccnc2Cl)CC1. The minimum Gasteiger partial charge on any atom is -0.330 e. The molecule has 0 atom stereocenters. The zero-order chi connectivity index (χ0) is 9.31. The summed E-state index contributed by atoms with van der Waals surface area (Å²) in [5.74, 6) is 0. The maximum atomic E-state index is 5.96. The predicted molar refractivity (Wildman–Crippen MR) is 53.7 cm³/mol. The fourth-order valence-corrected chi connectivity index (χ4v) is 1.77. The van der Waals surface area contributed by atoms with Gasteiger partial charge in [-0.3, -0.25) is 0 Å². The maximum absolute atomic E-state index is 5.96. The summed E-state index contributed by atoms with van der Waals surface area (Å²) in [6, 6.07) is 3.96. The highest BCUT2D eigenvalue weighted by Gasteiger charge is 2.41. The number of pyridine rings is 1. The van der Waals surface area contributed by atoms with E-state index >= 15 is 0 Å². The highest BCUT2D eigenvalue weighted by molar-refractivity contribution is 6.30. The zero-order valence-corrected chi connectivity index (χ0v) is 8.22. The topological polar surface area (TPSA) is 38.9 Å². The summed E-state index contributed by atoms with van der Waals surface area (Å²) < 4.78 is 0. The molecule has 2 N–H and O–H groups in total. The van der Waals surface area contributed by atoms with Gasteiger partial charge in [0.2, 0.25) is 0 Å². The Balaban J connectivity index is 2.14. The molecule has 1 aliphatic carbocycles. The van der Waals surface area contributed by atoms with Gasteiger partial charge in [-0.05, 0) is 42.9 Å². The number of nitrogens with two attached hydrogens (primary N) is 1. The normalized spacial score (nSPS) is 18.6. The Morgan fingerprint density at radius 1 is 1.54 bits per heavy atom. The van der Waals surface area contributed by atoms with Crippen molar-refractivity contribution in [3.05, 3.63) is 29.0 Å². The Kier molecular flexibility index (Phi) is 2.26. The van der Waals surface area contributed by atoms with Gasteiger partial charge in [0.15, 0.2) is 0 Å². The first-order valence-corrected chi connectivity index (χ1v) is 4.93.